The molecule has 1 aromatic rings. The molecule has 0 amide bonds. The lowest BCUT2D eigenvalue weighted by atomic mass is 9.98. The molecule has 0 N–H and O–H groups in total. The number of hydrogen-bond donors (Lipinski definition) is 0. The van der Waals surface area contributed by atoms with Crippen molar-refractivity contribution < 1.29 is 4.74 Å². The van der Waals surface area contributed by atoms with E-state index >= 15 is 0 Å². The summed E-state index contributed by atoms with van der Waals surface area (Å²) in [5, 5.41) is 0. The smallest absolute Gasteiger partial charge is 0.216 e. The van der Waals surface area contributed by atoms with Crippen LogP contribution < -0.4 is 4.74 Å². The van der Waals surface area contributed by atoms with Gasteiger partial charge in [0.25, 0.3) is 0 Å². The van der Waals surface area contributed by atoms with E-state index in [-0.39, 0.29) is 0 Å². The topological polar surface area (TPSA) is 22.1 Å². The maximum absolute atomic E-state index is 5.87. The molecule has 2 nitrogen and oxygen atoms in total. The van der Waals surface area contributed by atoms with Crippen LogP contribution in [0.25, 0.3) is 0 Å². The van der Waals surface area contributed by atoms with Crippen LogP contribution in [0.1, 0.15) is 37.7 Å². The van der Waals surface area contributed by atoms with Crippen LogP contribution in [-0.4, -0.2) is 11.1 Å². The Hall–Kier alpha value is -1.05. The van der Waals surface area contributed by atoms with Crippen LogP contribution in [0.3, 0.4) is 0 Å². The van der Waals surface area contributed by atoms with Crippen LogP contribution in [0.2, 0.25) is 0 Å². The molecule has 1 aromatic heterocycles. The summed E-state index contributed by atoms with van der Waals surface area (Å²) in [6, 6.07) is 3.99. The van der Waals surface area contributed by atoms with E-state index in [1.807, 2.05) is 19.1 Å². The SMILES string of the molecule is Cc1cccnc1OC1CCCCC1. The van der Waals surface area contributed by atoms with Crippen molar-refractivity contribution in [1.82, 2.24) is 4.98 Å². The molecule has 0 radical (unpaired) electrons. The van der Waals surface area contributed by atoms with Crippen molar-refractivity contribution in [2.24, 2.45) is 0 Å². The minimum absolute atomic E-state index is 0.400. The van der Waals surface area contributed by atoms with Gasteiger partial charge in [-0.3, -0.25) is 0 Å². The van der Waals surface area contributed by atoms with Gasteiger partial charge in [-0.1, -0.05) is 12.5 Å². The van der Waals surface area contributed by atoms with Crippen molar-refractivity contribution >= 4 is 0 Å². The molecule has 0 unspecified atom stereocenters. The van der Waals surface area contributed by atoms with Gasteiger partial charge in [-0.2, -0.15) is 0 Å². The molecular weight excluding hydrogens is 174 g/mol. The summed E-state index contributed by atoms with van der Waals surface area (Å²) in [6.45, 7) is 2.05. The summed E-state index contributed by atoms with van der Waals surface area (Å²) in [5.74, 6) is 0.819. The molecule has 0 saturated heterocycles. The largest absolute Gasteiger partial charge is 0.474 e. The maximum Gasteiger partial charge on any atom is 0.216 e. The molecular formula is C12H17NO. The normalized spacial score (nSPS) is 18.1. The zero-order valence-corrected chi connectivity index (χ0v) is 8.70. The van der Waals surface area contributed by atoms with E-state index < -0.39 is 0 Å². The highest BCUT2D eigenvalue weighted by atomic mass is 16.5. The Balaban J connectivity index is 1.99. The highest BCUT2D eigenvalue weighted by molar-refractivity contribution is 5.23. The number of aromatic nitrogens is 1. The summed E-state index contributed by atoms with van der Waals surface area (Å²) < 4.78 is 5.87. The quantitative estimate of drug-likeness (QED) is 0.716. The Bertz CT molecular complexity index is 292. The molecule has 1 aliphatic carbocycles. The number of pyridine rings is 1. The summed E-state index contributed by atoms with van der Waals surface area (Å²) in [7, 11) is 0. The number of nitrogens with zero attached hydrogens (tertiary/aromatic N) is 1. The first-order chi connectivity index (χ1) is 6.86. The van der Waals surface area contributed by atoms with Gasteiger partial charge >= 0.3 is 0 Å². The molecule has 0 spiro atoms. The third-order valence-corrected chi connectivity index (χ3v) is 2.79. The van der Waals surface area contributed by atoms with Crippen LogP contribution in [0, 0.1) is 6.92 Å². The molecule has 1 heterocycles. The van der Waals surface area contributed by atoms with Crippen molar-refractivity contribution in [3.05, 3.63) is 23.9 Å². The number of hydrogen-bond acceptors (Lipinski definition) is 2. The number of ether oxygens (including phenoxy) is 1. The second-order valence-corrected chi connectivity index (χ2v) is 4.00. The molecule has 1 saturated carbocycles. The van der Waals surface area contributed by atoms with Gasteiger partial charge in [0, 0.05) is 11.8 Å². The molecule has 76 valence electrons. The van der Waals surface area contributed by atoms with Gasteiger partial charge in [0.1, 0.15) is 6.10 Å². The summed E-state index contributed by atoms with van der Waals surface area (Å²) >= 11 is 0. The minimum atomic E-state index is 0.400. The third kappa shape index (κ3) is 2.25. The van der Waals surface area contributed by atoms with Crippen LogP contribution in [0.5, 0.6) is 5.88 Å². The van der Waals surface area contributed by atoms with Gasteiger partial charge in [-0.05, 0) is 38.7 Å². The molecule has 1 fully saturated rings. The first-order valence-corrected chi connectivity index (χ1v) is 5.44. The lowest BCUT2D eigenvalue weighted by Gasteiger charge is -2.22. The minimum Gasteiger partial charge on any atom is -0.474 e. The predicted octanol–water partition coefficient (Wildman–Crippen LogP) is 3.10. The number of rotatable bonds is 2. The highest BCUT2D eigenvalue weighted by Crippen LogP contribution is 2.23. The number of aryl methyl sites for hydroxylation is 1. The van der Waals surface area contributed by atoms with E-state index in [0.717, 1.165) is 11.4 Å². The summed E-state index contributed by atoms with van der Waals surface area (Å²) in [6.07, 6.45) is 8.54. The van der Waals surface area contributed by atoms with E-state index in [1.54, 1.807) is 6.20 Å². The molecule has 14 heavy (non-hydrogen) atoms. The van der Waals surface area contributed by atoms with E-state index in [4.69, 9.17) is 4.74 Å². The Labute approximate surface area is 85.3 Å². The second-order valence-electron chi connectivity index (χ2n) is 4.00. The van der Waals surface area contributed by atoms with Crippen molar-refractivity contribution in [2.45, 2.75) is 45.1 Å². The zero-order valence-electron chi connectivity index (χ0n) is 8.70. The monoisotopic (exact) mass is 191 g/mol. The molecule has 0 atom stereocenters. The van der Waals surface area contributed by atoms with Gasteiger partial charge in [0.15, 0.2) is 0 Å². The van der Waals surface area contributed by atoms with Crippen LogP contribution >= 0.6 is 0 Å². The Morgan fingerprint density at radius 3 is 2.79 bits per heavy atom. The third-order valence-electron chi connectivity index (χ3n) is 2.79. The fourth-order valence-electron chi connectivity index (χ4n) is 1.94. The molecule has 2 rings (SSSR count). The Kier molecular flexibility index (Phi) is 3.02. The van der Waals surface area contributed by atoms with Gasteiger partial charge in [0.2, 0.25) is 5.88 Å². The summed E-state index contributed by atoms with van der Waals surface area (Å²) in [4.78, 5) is 4.25. The first-order valence-electron chi connectivity index (χ1n) is 5.44. The van der Waals surface area contributed by atoms with Gasteiger partial charge in [-0.25, -0.2) is 4.98 Å². The van der Waals surface area contributed by atoms with E-state index in [1.165, 1.54) is 32.1 Å². The molecule has 0 aromatic carbocycles. The van der Waals surface area contributed by atoms with Gasteiger partial charge in [0.05, 0.1) is 0 Å². The lowest BCUT2D eigenvalue weighted by molar-refractivity contribution is 0.147. The van der Waals surface area contributed by atoms with Crippen LogP contribution in [-0.2, 0) is 0 Å². The molecule has 1 aliphatic rings. The standard InChI is InChI=1S/C12H17NO/c1-10-6-5-9-13-12(10)14-11-7-3-2-4-8-11/h5-6,9,11H,2-4,7-8H2,1H3. The van der Waals surface area contributed by atoms with E-state index in [0.29, 0.717) is 6.10 Å². The average Bonchev–Trinajstić information content (AvgIpc) is 2.23. The predicted molar refractivity (Wildman–Crippen MR) is 56.5 cm³/mol. The molecule has 2 heteroatoms. The fraction of sp³-hybridized carbons (Fsp3) is 0.583. The van der Waals surface area contributed by atoms with Crippen LogP contribution in [0.15, 0.2) is 18.3 Å². The van der Waals surface area contributed by atoms with Crippen LogP contribution in [0.4, 0.5) is 0 Å². The van der Waals surface area contributed by atoms with Crippen molar-refractivity contribution in [3.63, 3.8) is 0 Å². The maximum atomic E-state index is 5.87. The average molecular weight is 191 g/mol. The molecule has 0 bridgehead atoms. The zero-order chi connectivity index (χ0) is 9.80. The van der Waals surface area contributed by atoms with E-state index in [2.05, 4.69) is 4.98 Å². The van der Waals surface area contributed by atoms with Crippen molar-refractivity contribution in [1.29, 1.82) is 0 Å². The Morgan fingerprint density at radius 2 is 2.07 bits per heavy atom. The van der Waals surface area contributed by atoms with Crippen molar-refractivity contribution in [3.8, 4) is 5.88 Å². The van der Waals surface area contributed by atoms with Gasteiger partial charge < -0.3 is 4.74 Å². The Morgan fingerprint density at radius 1 is 1.29 bits per heavy atom. The fourth-order valence-corrected chi connectivity index (χ4v) is 1.94. The van der Waals surface area contributed by atoms with Crippen molar-refractivity contribution in [2.75, 3.05) is 0 Å². The first kappa shape index (κ1) is 9.50. The molecule has 0 aliphatic heterocycles. The summed E-state index contributed by atoms with van der Waals surface area (Å²) in [5.41, 5.74) is 1.14. The second kappa shape index (κ2) is 4.45. The lowest BCUT2D eigenvalue weighted by Crippen LogP contribution is -2.20. The highest BCUT2D eigenvalue weighted by Gasteiger charge is 2.15. The van der Waals surface area contributed by atoms with E-state index in [9.17, 15) is 0 Å². The van der Waals surface area contributed by atoms with Gasteiger partial charge in [-0.15, -0.1) is 0 Å².